The summed E-state index contributed by atoms with van der Waals surface area (Å²) in [4.78, 5) is 50.0. The van der Waals surface area contributed by atoms with Gasteiger partial charge in [0.25, 0.3) is 0 Å². The molecular weight excluding hydrogens is 419 g/mol. The number of hydrogen-bond acceptors (Lipinski definition) is 6. The fourth-order valence-electron chi connectivity index (χ4n) is 3.23. The molecule has 0 aromatic heterocycles. The zero-order valence-corrected chi connectivity index (χ0v) is 17.3. The van der Waals surface area contributed by atoms with E-state index in [0.29, 0.717) is 19.4 Å². The molecule has 2 atom stereocenters. The Morgan fingerprint density at radius 1 is 1.23 bits per heavy atom. The number of esters is 2. The van der Waals surface area contributed by atoms with Crippen LogP contribution in [0.15, 0.2) is 18.2 Å². The van der Waals surface area contributed by atoms with Gasteiger partial charge in [-0.05, 0) is 37.3 Å². The normalized spacial score (nSPS) is 17.4. The Labute approximate surface area is 176 Å². The molecule has 1 aliphatic heterocycles. The number of rotatable bonds is 5. The molecule has 0 saturated carbocycles. The van der Waals surface area contributed by atoms with Crippen molar-refractivity contribution < 1.29 is 37.1 Å². The quantitative estimate of drug-likeness (QED) is 0.532. The second-order valence-corrected chi connectivity index (χ2v) is 7.62. The summed E-state index contributed by atoms with van der Waals surface area (Å²) >= 11 is 0. The smallest absolute Gasteiger partial charge is 0.383 e. The van der Waals surface area contributed by atoms with E-state index in [-0.39, 0.29) is 28.6 Å². The van der Waals surface area contributed by atoms with Crippen LogP contribution in [-0.2, 0) is 19.1 Å². The number of anilines is 1. The number of halogens is 3. The maximum Gasteiger partial charge on any atom is 0.491 e. The Morgan fingerprint density at radius 2 is 1.87 bits per heavy atom. The highest BCUT2D eigenvalue weighted by Gasteiger charge is 2.43. The van der Waals surface area contributed by atoms with E-state index in [1.165, 1.54) is 30.0 Å². The van der Waals surface area contributed by atoms with E-state index in [9.17, 15) is 32.3 Å². The van der Waals surface area contributed by atoms with E-state index in [1.807, 2.05) is 0 Å². The van der Waals surface area contributed by atoms with Gasteiger partial charge in [0.05, 0.1) is 17.3 Å². The Bertz CT molecular complexity index is 885. The molecule has 3 N–H and O–H groups in total. The summed E-state index contributed by atoms with van der Waals surface area (Å²) in [6, 6.07) is 2.54. The topological polar surface area (TPSA) is 119 Å². The molecule has 170 valence electrons. The third-order valence-electron chi connectivity index (χ3n) is 4.99. The lowest BCUT2D eigenvalue weighted by Gasteiger charge is -2.28. The lowest BCUT2D eigenvalue weighted by Crippen LogP contribution is -2.51. The minimum Gasteiger partial charge on any atom is -0.383 e. The van der Waals surface area contributed by atoms with Crippen LogP contribution in [-0.4, -0.2) is 53.5 Å². The van der Waals surface area contributed by atoms with Crippen molar-refractivity contribution in [3.8, 4) is 0 Å². The summed E-state index contributed by atoms with van der Waals surface area (Å²) in [7, 11) is 0. The van der Waals surface area contributed by atoms with Crippen LogP contribution < -0.4 is 11.1 Å². The first-order valence-corrected chi connectivity index (χ1v) is 9.64. The highest BCUT2D eigenvalue weighted by molar-refractivity contribution is 6.07. The Morgan fingerprint density at radius 3 is 2.45 bits per heavy atom. The number of benzene rings is 1. The van der Waals surface area contributed by atoms with Crippen LogP contribution >= 0.6 is 0 Å². The molecule has 1 aromatic rings. The predicted octanol–water partition coefficient (Wildman–Crippen LogP) is 2.15. The highest BCUT2D eigenvalue weighted by atomic mass is 19.4. The maximum atomic E-state index is 12.8. The number of hydrogen-bond donors (Lipinski definition) is 2. The molecule has 1 aromatic carbocycles. The van der Waals surface area contributed by atoms with Crippen LogP contribution in [0, 0.1) is 12.8 Å². The monoisotopic (exact) mass is 443 g/mol. The summed E-state index contributed by atoms with van der Waals surface area (Å²) in [5, 5.41) is 2.47. The fraction of sp³-hybridized carbons (Fsp3) is 0.500. The standard InChI is InChI=1S/C20H24F3N3O5/c1-10(2)15(24)17(28)26-9-5-8-13(26)16(27)25-12-7-4-6-11(3)14(12)18(29)31-19(30)20(21,22)23/h4,6-7,10,13,15H,5,8-9,24H2,1-3H3,(H,25,27). The molecule has 2 rings (SSSR count). The third kappa shape index (κ3) is 5.60. The van der Waals surface area contributed by atoms with Crippen LogP contribution in [0.2, 0.25) is 0 Å². The predicted molar refractivity (Wildman–Crippen MR) is 104 cm³/mol. The molecule has 0 bridgehead atoms. The van der Waals surface area contributed by atoms with E-state index in [4.69, 9.17) is 5.73 Å². The van der Waals surface area contributed by atoms with Gasteiger partial charge >= 0.3 is 18.1 Å². The van der Waals surface area contributed by atoms with Crippen molar-refractivity contribution in [2.75, 3.05) is 11.9 Å². The van der Waals surface area contributed by atoms with Gasteiger partial charge in [-0.15, -0.1) is 0 Å². The number of amides is 2. The average molecular weight is 443 g/mol. The number of carbonyl (C=O) groups is 4. The van der Waals surface area contributed by atoms with Crippen LogP contribution in [0.1, 0.15) is 42.6 Å². The van der Waals surface area contributed by atoms with Gasteiger partial charge in [-0.25, -0.2) is 9.59 Å². The summed E-state index contributed by atoms with van der Waals surface area (Å²) in [6.45, 7) is 5.30. The van der Waals surface area contributed by atoms with Gasteiger partial charge < -0.3 is 20.7 Å². The Hall–Kier alpha value is -2.95. The minimum absolute atomic E-state index is 0.127. The maximum absolute atomic E-state index is 12.8. The first kappa shape index (κ1) is 24.3. The van der Waals surface area contributed by atoms with E-state index < -0.39 is 36.1 Å². The van der Waals surface area contributed by atoms with Gasteiger partial charge in [0.15, 0.2) is 0 Å². The summed E-state index contributed by atoms with van der Waals surface area (Å²) in [5.74, 6) is -5.35. The number of aryl methyl sites for hydroxylation is 1. The number of nitrogens with one attached hydrogen (secondary N) is 1. The first-order valence-electron chi connectivity index (χ1n) is 9.64. The third-order valence-corrected chi connectivity index (χ3v) is 4.99. The van der Waals surface area contributed by atoms with E-state index in [2.05, 4.69) is 10.1 Å². The number of likely N-dealkylation sites (tertiary alicyclic amines) is 1. The average Bonchev–Trinajstić information content (AvgIpc) is 3.15. The number of nitrogens with zero attached hydrogens (tertiary/aromatic N) is 1. The van der Waals surface area contributed by atoms with Gasteiger partial charge in [-0.1, -0.05) is 26.0 Å². The molecular formula is C20H24F3N3O5. The second kappa shape index (κ2) is 9.46. The van der Waals surface area contributed by atoms with Gasteiger partial charge in [0, 0.05) is 6.54 Å². The molecule has 1 fully saturated rings. The fourth-order valence-corrected chi connectivity index (χ4v) is 3.23. The van der Waals surface area contributed by atoms with Crippen LogP contribution in [0.3, 0.4) is 0 Å². The van der Waals surface area contributed by atoms with Crippen molar-refractivity contribution in [1.82, 2.24) is 4.90 Å². The van der Waals surface area contributed by atoms with E-state index in [1.54, 1.807) is 13.8 Å². The molecule has 1 heterocycles. The second-order valence-electron chi connectivity index (χ2n) is 7.62. The lowest BCUT2D eigenvalue weighted by atomic mass is 10.0. The van der Waals surface area contributed by atoms with Crippen LogP contribution in [0.4, 0.5) is 18.9 Å². The first-order chi connectivity index (χ1) is 14.3. The highest BCUT2D eigenvalue weighted by Crippen LogP contribution is 2.26. The number of alkyl halides is 3. The summed E-state index contributed by atoms with van der Waals surface area (Å²) in [5.41, 5.74) is 5.59. The lowest BCUT2D eigenvalue weighted by molar-refractivity contribution is -0.193. The zero-order chi connectivity index (χ0) is 23.5. The summed E-state index contributed by atoms with van der Waals surface area (Å²) in [6.07, 6.45) is -4.42. The largest absolute Gasteiger partial charge is 0.491 e. The Balaban J connectivity index is 2.24. The van der Waals surface area contributed by atoms with Gasteiger partial charge in [-0.3, -0.25) is 9.59 Å². The van der Waals surface area contributed by atoms with Crippen molar-refractivity contribution >= 4 is 29.4 Å². The van der Waals surface area contributed by atoms with Crippen molar-refractivity contribution in [2.45, 2.75) is 51.9 Å². The minimum atomic E-state index is -5.35. The number of nitrogens with two attached hydrogens (primary N) is 1. The SMILES string of the molecule is Cc1cccc(NC(=O)C2CCCN2C(=O)C(N)C(C)C)c1C(=O)OC(=O)C(F)(F)F. The molecule has 0 aliphatic carbocycles. The van der Waals surface area contributed by atoms with Crippen molar-refractivity contribution in [2.24, 2.45) is 11.7 Å². The molecule has 0 spiro atoms. The van der Waals surface area contributed by atoms with Gasteiger partial charge in [0.1, 0.15) is 6.04 Å². The van der Waals surface area contributed by atoms with Gasteiger partial charge in [0.2, 0.25) is 11.8 Å². The van der Waals surface area contributed by atoms with Crippen molar-refractivity contribution in [3.05, 3.63) is 29.3 Å². The van der Waals surface area contributed by atoms with Crippen molar-refractivity contribution in [1.29, 1.82) is 0 Å². The molecule has 2 amide bonds. The van der Waals surface area contributed by atoms with E-state index in [0.717, 1.165) is 0 Å². The van der Waals surface area contributed by atoms with Crippen molar-refractivity contribution in [3.63, 3.8) is 0 Å². The molecule has 2 unspecified atom stereocenters. The molecule has 1 saturated heterocycles. The van der Waals surface area contributed by atoms with Gasteiger partial charge in [-0.2, -0.15) is 13.2 Å². The number of carbonyl (C=O) groups excluding carboxylic acids is 4. The van der Waals surface area contributed by atoms with E-state index >= 15 is 0 Å². The summed E-state index contributed by atoms with van der Waals surface area (Å²) < 4.78 is 41.2. The van der Waals surface area contributed by atoms with Crippen LogP contribution in [0.5, 0.6) is 0 Å². The van der Waals surface area contributed by atoms with Crippen LogP contribution in [0.25, 0.3) is 0 Å². The molecule has 8 nitrogen and oxygen atoms in total. The number of ether oxygens (including phenoxy) is 1. The molecule has 11 heteroatoms. The zero-order valence-electron chi connectivity index (χ0n) is 17.3. The molecule has 31 heavy (non-hydrogen) atoms. The molecule has 0 radical (unpaired) electrons. The molecule has 1 aliphatic rings. The Kier molecular flexibility index (Phi) is 7.42.